The highest BCUT2D eigenvalue weighted by atomic mass is 35.5. The van der Waals surface area contributed by atoms with Crippen LogP contribution in [0.3, 0.4) is 0 Å². The Balaban J connectivity index is 1.65. The Bertz CT molecular complexity index is 601. The molecular formula is C15H19ClN4O. The summed E-state index contributed by atoms with van der Waals surface area (Å²) in [5.41, 5.74) is 0.785. The van der Waals surface area contributed by atoms with E-state index < -0.39 is 0 Å². The van der Waals surface area contributed by atoms with Crippen molar-refractivity contribution in [2.75, 3.05) is 26.7 Å². The van der Waals surface area contributed by atoms with Gasteiger partial charge in [-0.2, -0.15) is 0 Å². The lowest BCUT2D eigenvalue weighted by atomic mass is 10.1. The minimum Gasteiger partial charge on any atom is -0.419 e. The van der Waals surface area contributed by atoms with Crippen molar-refractivity contribution in [3.05, 3.63) is 35.2 Å². The highest BCUT2D eigenvalue weighted by Gasteiger charge is 2.23. The van der Waals surface area contributed by atoms with Gasteiger partial charge in [-0.25, -0.2) is 0 Å². The van der Waals surface area contributed by atoms with Crippen LogP contribution in [0.2, 0.25) is 5.02 Å². The van der Waals surface area contributed by atoms with Crippen LogP contribution in [-0.2, 0) is 6.54 Å². The van der Waals surface area contributed by atoms with Crippen molar-refractivity contribution in [2.45, 2.75) is 13.0 Å². The van der Waals surface area contributed by atoms with E-state index in [-0.39, 0.29) is 0 Å². The summed E-state index contributed by atoms with van der Waals surface area (Å²) in [6.07, 6.45) is 1.21. The van der Waals surface area contributed by atoms with Gasteiger partial charge in [0.2, 0.25) is 11.8 Å². The van der Waals surface area contributed by atoms with Crippen LogP contribution in [-0.4, -0.2) is 41.8 Å². The number of rotatable bonds is 5. The van der Waals surface area contributed by atoms with Crippen molar-refractivity contribution in [3.8, 4) is 11.5 Å². The molecule has 1 fully saturated rings. The van der Waals surface area contributed by atoms with Crippen molar-refractivity contribution in [1.82, 2.24) is 20.4 Å². The standard InChI is InChI=1S/C15H19ClN4O/c1-17-8-11-6-7-20(9-11)10-14-18-19-15(21-14)12-4-2-3-5-13(12)16/h2-5,11,17H,6-10H2,1H3. The zero-order valence-electron chi connectivity index (χ0n) is 12.1. The highest BCUT2D eigenvalue weighted by Crippen LogP contribution is 2.27. The molecule has 3 rings (SSSR count). The van der Waals surface area contributed by atoms with Gasteiger partial charge in [-0.05, 0) is 44.6 Å². The van der Waals surface area contributed by atoms with Gasteiger partial charge in [-0.3, -0.25) is 4.90 Å². The smallest absolute Gasteiger partial charge is 0.249 e. The molecule has 1 atom stereocenters. The number of nitrogens with one attached hydrogen (secondary N) is 1. The molecule has 1 aromatic carbocycles. The van der Waals surface area contributed by atoms with Crippen LogP contribution in [0.4, 0.5) is 0 Å². The van der Waals surface area contributed by atoms with Crippen molar-refractivity contribution >= 4 is 11.6 Å². The molecule has 1 aliphatic rings. The normalized spacial score (nSPS) is 19.2. The lowest BCUT2D eigenvalue weighted by Crippen LogP contribution is -2.24. The predicted octanol–water partition coefficient (Wildman–Crippen LogP) is 2.43. The summed E-state index contributed by atoms with van der Waals surface area (Å²) in [4.78, 5) is 2.35. The summed E-state index contributed by atoms with van der Waals surface area (Å²) in [6.45, 7) is 3.92. The molecule has 1 saturated heterocycles. The maximum atomic E-state index is 6.15. The number of hydrogen-bond donors (Lipinski definition) is 1. The molecule has 112 valence electrons. The second-order valence-corrected chi connectivity index (χ2v) is 5.84. The summed E-state index contributed by atoms with van der Waals surface area (Å²) in [7, 11) is 2.00. The van der Waals surface area contributed by atoms with Gasteiger partial charge in [-0.1, -0.05) is 23.7 Å². The first-order valence-corrected chi connectivity index (χ1v) is 7.58. The molecule has 1 N–H and O–H groups in total. The second-order valence-electron chi connectivity index (χ2n) is 5.43. The minimum absolute atomic E-state index is 0.488. The third kappa shape index (κ3) is 3.43. The molecule has 1 aliphatic heterocycles. The minimum atomic E-state index is 0.488. The third-order valence-corrected chi connectivity index (χ3v) is 4.12. The largest absolute Gasteiger partial charge is 0.419 e. The number of benzene rings is 1. The fraction of sp³-hybridized carbons (Fsp3) is 0.467. The Labute approximate surface area is 129 Å². The number of halogens is 1. The van der Waals surface area contributed by atoms with Crippen molar-refractivity contribution < 1.29 is 4.42 Å². The molecule has 2 heterocycles. The van der Waals surface area contributed by atoms with E-state index in [1.165, 1.54) is 6.42 Å². The molecule has 21 heavy (non-hydrogen) atoms. The Morgan fingerprint density at radius 3 is 3.05 bits per heavy atom. The van der Waals surface area contributed by atoms with Gasteiger partial charge in [0.15, 0.2) is 0 Å². The fourth-order valence-electron chi connectivity index (χ4n) is 2.76. The Hall–Kier alpha value is -1.43. The zero-order chi connectivity index (χ0) is 14.7. The summed E-state index contributed by atoms with van der Waals surface area (Å²) in [6, 6.07) is 7.51. The quantitative estimate of drug-likeness (QED) is 0.919. The van der Waals surface area contributed by atoms with Gasteiger partial charge in [0.1, 0.15) is 0 Å². The topological polar surface area (TPSA) is 54.2 Å². The van der Waals surface area contributed by atoms with E-state index in [0.717, 1.165) is 25.2 Å². The SMILES string of the molecule is CNCC1CCN(Cc2nnc(-c3ccccc3Cl)o2)C1. The summed E-state index contributed by atoms with van der Waals surface area (Å²) < 4.78 is 5.74. The Kier molecular flexibility index (Phi) is 4.53. The van der Waals surface area contributed by atoms with Gasteiger partial charge in [-0.15, -0.1) is 10.2 Å². The van der Waals surface area contributed by atoms with Gasteiger partial charge in [0.05, 0.1) is 17.1 Å². The van der Waals surface area contributed by atoms with E-state index in [4.69, 9.17) is 16.0 Å². The molecule has 1 unspecified atom stereocenters. The number of nitrogens with zero attached hydrogens (tertiary/aromatic N) is 3. The van der Waals surface area contributed by atoms with Crippen molar-refractivity contribution in [2.24, 2.45) is 5.92 Å². The molecule has 0 radical (unpaired) electrons. The first-order chi connectivity index (χ1) is 10.3. The molecule has 2 aromatic rings. The number of aromatic nitrogens is 2. The first-order valence-electron chi connectivity index (χ1n) is 7.20. The summed E-state index contributed by atoms with van der Waals surface area (Å²) in [5.74, 6) is 1.84. The molecule has 0 saturated carbocycles. The van der Waals surface area contributed by atoms with E-state index in [1.54, 1.807) is 0 Å². The highest BCUT2D eigenvalue weighted by molar-refractivity contribution is 6.33. The molecule has 0 bridgehead atoms. The molecule has 0 aliphatic carbocycles. The lowest BCUT2D eigenvalue weighted by molar-refractivity contribution is 0.281. The zero-order valence-corrected chi connectivity index (χ0v) is 12.8. The van der Waals surface area contributed by atoms with Crippen molar-refractivity contribution in [3.63, 3.8) is 0 Å². The van der Waals surface area contributed by atoms with Gasteiger partial charge in [0.25, 0.3) is 0 Å². The predicted molar refractivity (Wildman–Crippen MR) is 82.1 cm³/mol. The van der Waals surface area contributed by atoms with Gasteiger partial charge >= 0.3 is 0 Å². The second kappa shape index (κ2) is 6.56. The molecule has 1 aromatic heterocycles. The molecule has 6 heteroatoms. The van der Waals surface area contributed by atoms with E-state index >= 15 is 0 Å². The van der Waals surface area contributed by atoms with Crippen LogP contribution in [0.5, 0.6) is 0 Å². The third-order valence-electron chi connectivity index (χ3n) is 3.79. The summed E-state index contributed by atoms with van der Waals surface area (Å²) in [5, 5.41) is 12.1. The molecule has 0 amide bonds. The van der Waals surface area contributed by atoms with Crippen LogP contribution in [0, 0.1) is 5.92 Å². The van der Waals surface area contributed by atoms with E-state index in [0.29, 0.717) is 29.3 Å². The average molecular weight is 307 g/mol. The van der Waals surface area contributed by atoms with Gasteiger partial charge < -0.3 is 9.73 Å². The Morgan fingerprint density at radius 2 is 2.24 bits per heavy atom. The van der Waals surface area contributed by atoms with Crippen LogP contribution in [0.25, 0.3) is 11.5 Å². The fourth-order valence-corrected chi connectivity index (χ4v) is 2.98. The average Bonchev–Trinajstić information content (AvgIpc) is 3.10. The first kappa shape index (κ1) is 14.5. The molecule has 0 spiro atoms. The van der Waals surface area contributed by atoms with E-state index in [9.17, 15) is 0 Å². The maximum absolute atomic E-state index is 6.15. The van der Waals surface area contributed by atoms with Crippen molar-refractivity contribution in [1.29, 1.82) is 0 Å². The summed E-state index contributed by atoms with van der Waals surface area (Å²) >= 11 is 6.15. The van der Waals surface area contributed by atoms with E-state index in [2.05, 4.69) is 20.4 Å². The van der Waals surface area contributed by atoms with E-state index in [1.807, 2.05) is 31.3 Å². The maximum Gasteiger partial charge on any atom is 0.249 e. The van der Waals surface area contributed by atoms with Crippen LogP contribution >= 0.6 is 11.6 Å². The monoisotopic (exact) mass is 306 g/mol. The molecule has 5 nitrogen and oxygen atoms in total. The van der Waals surface area contributed by atoms with Gasteiger partial charge in [0, 0.05) is 6.54 Å². The molecular weight excluding hydrogens is 288 g/mol. The Morgan fingerprint density at radius 1 is 1.38 bits per heavy atom. The number of likely N-dealkylation sites (tertiary alicyclic amines) is 1. The van der Waals surface area contributed by atoms with Crippen LogP contribution in [0.1, 0.15) is 12.3 Å². The van der Waals surface area contributed by atoms with Crippen LogP contribution in [0.15, 0.2) is 28.7 Å². The number of hydrogen-bond acceptors (Lipinski definition) is 5. The lowest BCUT2D eigenvalue weighted by Gasteiger charge is -2.13. The van der Waals surface area contributed by atoms with Crippen LogP contribution < -0.4 is 5.32 Å².